The van der Waals surface area contributed by atoms with Gasteiger partial charge >= 0.3 is 6.18 Å². The first-order valence-electron chi connectivity index (χ1n) is 5.36. The third kappa shape index (κ3) is 2.53. The number of alkyl halides is 3. The van der Waals surface area contributed by atoms with E-state index in [1.807, 2.05) is 6.92 Å². The summed E-state index contributed by atoms with van der Waals surface area (Å²) in [6.45, 7) is 1.81. The van der Waals surface area contributed by atoms with Gasteiger partial charge in [0.25, 0.3) is 0 Å². The maximum atomic E-state index is 12.4. The first-order valence-corrected chi connectivity index (χ1v) is 5.36. The summed E-state index contributed by atoms with van der Waals surface area (Å²) in [5.74, 6) is 0. The van der Waals surface area contributed by atoms with Crippen molar-refractivity contribution in [3.05, 3.63) is 47.8 Å². The largest absolute Gasteiger partial charge is 0.416 e. The van der Waals surface area contributed by atoms with E-state index in [1.165, 1.54) is 16.8 Å². The fourth-order valence-electron chi connectivity index (χ4n) is 1.52. The van der Waals surface area contributed by atoms with Gasteiger partial charge in [0, 0.05) is 17.8 Å². The van der Waals surface area contributed by atoms with E-state index in [0.717, 1.165) is 17.7 Å². The molecule has 0 aliphatic rings. The van der Waals surface area contributed by atoms with E-state index in [0.29, 0.717) is 5.69 Å². The van der Waals surface area contributed by atoms with Crippen LogP contribution >= 0.6 is 0 Å². The molecule has 0 saturated heterocycles. The van der Waals surface area contributed by atoms with Crippen molar-refractivity contribution in [3.8, 4) is 5.69 Å². The summed E-state index contributed by atoms with van der Waals surface area (Å²) >= 11 is 0. The van der Waals surface area contributed by atoms with Crippen LogP contribution in [0.2, 0.25) is 0 Å². The Morgan fingerprint density at radius 1 is 1.22 bits per heavy atom. The smallest absolute Gasteiger partial charge is 0.324 e. The Morgan fingerprint density at radius 2 is 1.83 bits per heavy atom. The van der Waals surface area contributed by atoms with Gasteiger partial charge in [0.1, 0.15) is 0 Å². The average molecular weight is 255 g/mol. The lowest BCUT2D eigenvalue weighted by Gasteiger charge is -2.07. The highest BCUT2D eigenvalue weighted by Gasteiger charge is 2.29. The van der Waals surface area contributed by atoms with Crippen molar-refractivity contribution < 1.29 is 13.2 Å². The number of rotatable bonds is 2. The first-order chi connectivity index (χ1) is 8.38. The van der Waals surface area contributed by atoms with Crippen LogP contribution in [0.1, 0.15) is 24.1 Å². The second kappa shape index (κ2) is 4.45. The fourth-order valence-corrected chi connectivity index (χ4v) is 1.52. The van der Waals surface area contributed by atoms with E-state index in [2.05, 4.69) is 5.10 Å². The number of nitrogens with two attached hydrogens (primary N) is 1. The van der Waals surface area contributed by atoms with Crippen LogP contribution in [0.3, 0.4) is 0 Å². The van der Waals surface area contributed by atoms with Gasteiger partial charge in [0.15, 0.2) is 0 Å². The Labute approximate surface area is 102 Å². The molecule has 0 spiro atoms. The van der Waals surface area contributed by atoms with E-state index in [4.69, 9.17) is 5.73 Å². The van der Waals surface area contributed by atoms with Gasteiger partial charge < -0.3 is 5.73 Å². The second-order valence-corrected chi connectivity index (χ2v) is 4.05. The first kappa shape index (κ1) is 12.6. The molecule has 1 atom stereocenters. The number of hydrogen-bond donors (Lipinski definition) is 1. The maximum absolute atomic E-state index is 12.4. The second-order valence-electron chi connectivity index (χ2n) is 4.05. The highest BCUT2D eigenvalue weighted by molar-refractivity contribution is 5.35. The van der Waals surface area contributed by atoms with E-state index >= 15 is 0 Å². The summed E-state index contributed by atoms with van der Waals surface area (Å²) in [6, 6.07) is 4.65. The van der Waals surface area contributed by atoms with Gasteiger partial charge in [-0.1, -0.05) is 0 Å². The molecule has 0 radical (unpaired) electrons. The molecule has 1 heterocycles. The number of nitrogens with zero attached hydrogens (tertiary/aromatic N) is 2. The molecule has 1 unspecified atom stereocenters. The zero-order valence-corrected chi connectivity index (χ0v) is 9.65. The van der Waals surface area contributed by atoms with Crippen molar-refractivity contribution in [3.63, 3.8) is 0 Å². The van der Waals surface area contributed by atoms with Gasteiger partial charge in [-0.15, -0.1) is 0 Å². The van der Waals surface area contributed by atoms with E-state index in [9.17, 15) is 13.2 Å². The molecule has 0 aliphatic carbocycles. The molecule has 0 bridgehead atoms. The lowest BCUT2D eigenvalue weighted by Crippen LogP contribution is -2.05. The Balaban J connectivity index is 2.29. The zero-order valence-electron chi connectivity index (χ0n) is 9.65. The molecular formula is C12H12F3N3. The standard InChI is InChI=1S/C12H12F3N3/c1-8(16)9-6-17-18(7-9)11-4-2-10(3-5-11)12(13,14)15/h2-8H,16H2,1H3. The molecule has 2 rings (SSSR count). The van der Waals surface area contributed by atoms with Crippen LogP contribution < -0.4 is 5.73 Å². The van der Waals surface area contributed by atoms with Crippen LogP contribution in [0.15, 0.2) is 36.7 Å². The molecule has 3 nitrogen and oxygen atoms in total. The number of halogens is 3. The van der Waals surface area contributed by atoms with E-state index < -0.39 is 11.7 Å². The quantitative estimate of drug-likeness (QED) is 0.896. The Hall–Kier alpha value is -1.82. The van der Waals surface area contributed by atoms with Gasteiger partial charge in [0.2, 0.25) is 0 Å². The average Bonchev–Trinajstić information content (AvgIpc) is 2.77. The lowest BCUT2D eigenvalue weighted by atomic mass is 10.2. The molecular weight excluding hydrogens is 243 g/mol. The summed E-state index contributed by atoms with van der Waals surface area (Å²) in [7, 11) is 0. The molecule has 1 aromatic carbocycles. The van der Waals surface area contributed by atoms with Gasteiger partial charge in [-0.25, -0.2) is 4.68 Å². The Kier molecular flexibility index (Phi) is 3.13. The molecule has 0 saturated carbocycles. The van der Waals surface area contributed by atoms with E-state index in [1.54, 1.807) is 12.4 Å². The summed E-state index contributed by atoms with van der Waals surface area (Å²) in [6.07, 6.45) is -1.02. The predicted octanol–water partition coefficient (Wildman–Crippen LogP) is 2.91. The van der Waals surface area contributed by atoms with Crippen molar-refractivity contribution in [2.45, 2.75) is 19.1 Å². The van der Waals surface area contributed by atoms with Crippen molar-refractivity contribution in [1.29, 1.82) is 0 Å². The molecule has 0 fully saturated rings. The fraction of sp³-hybridized carbons (Fsp3) is 0.250. The molecule has 18 heavy (non-hydrogen) atoms. The number of aromatic nitrogens is 2. The van der Waals surface area contributed by atoms with Gasteiger partial charge in [-0.2, -0.15) is 18.3 Å². The number of benzene rings is 1. The lowest BCUT2D eigenvalue weighted by molar-refractivity contribution is -0.137. The minimum Gasteiger partial charge on any atom is -0.324 e. The highest BCUT2D eigenvalue weighted by Crippen LogP contribution is 2.29. The van der Waals surface area contributed by atoms with E-state index in [-0.39, 0.29) is 6.04 Å². The van der Waals surface area contributed by atoms with Crippen molar-refractivity contribution in [1.82, 2.24) is 9.78 Å². The summed E-state index contributed by atoms with van der Waals surface area (Å²) in [5.41, 5.74) is 6.40. The third-order valence-electron chi connectivity index (χ3n) is 2.59. The molecule has 2 aromatic rings. The molecule has 1 aromatic heterocycles. The molecule has 2 N–H and O–H groups in total. The van der Waals surface area contributed by atoms with Crippen LogP contribution in [0.5, 0.6) is 0 Å². The molecule has 6 heteroatoms. The summed E-state index contributed by atoms with van der Waals surface area (Å²) < 4.78 is 38.7. The van der Waals surface area contributed by atoms with Crippen molar-refractivity contribution in [2.24, 2.45) is 5.73 Å². The maximum Gasteiger partial charge on any atom is 0.416 e. The SMILES string of the molecule is CC(N)c1cnn(-c2ccc(C(F)(F)F)cc2)c1. The van der Waals surface area contributed by atoms with Crippen LogP contribution in [0.25, 0.3) is 5.69 Å². The normalized spacial score (nSPS) is 13.6. The van der Waals surface area contributed by atoms with Gasteiger partial charge in [0.05, 0.1) is 17.4 Å². The van der Waals surface area contributed by atoms with Gasteiger partial charge in [-0.3, -0.25) is 0 Å². The topological polar surface area (TPSA) is 43.8 Å². The molecule has 0 amide bonds. The van der Waals surface area contributed by atoms with Crippen molar-refractivity contribution in [2.75, 3.05) is 0 Å². The predicted molar refractivity (Wildman–Crippen MR) is 61.2 cm³/mol. The third-order valence-corrected chi connectivity index (χ3v) is 2.59. The molecule has 0 aliphatic heterocycles. The Morgan fingerprint density at radius 3 is 2.28 bits per heavy atom. The van der Waals surface area contributed by atoms with Crippen LogP contribution in [-0.2, 0) is 6.18 Å². The summed E-state index contributed by atoms with van der Waals surface area (Å²) in [5, 5.41) is 4.05. The van der Waals surface area contributed by atoms with Crippen molar-refractivity contribution >= 4 is 0 Å². The van der Waals surface area contributed by atoms with Crippen LogP contribution in [0.4, 0.5) is 13.2 Å². The Bertz CT molecular complexity index is 526. The van der Waals surface area contributed by atoms with Crippen LogP contribution in [0, 0.1) is 0 Å². The van der Waals surface area contributed by atoms with Crippen LogP contribution in [-0.4, -0.2) is 9.78 Å². The number of hydrogen-bond acceptors (Lipinski definition) is 2. The molecule has 96 valence electrons. The monoisotopic (exact) mass is 255 g/mol. The summed E-state index contributed by atoms with van der Waals surface area (Å²) in [4.78, 5) is 0. The zero-order chi connectivity index (χ0) is 13.3. The minimum atomic E-state index is -4.32. The highest BCUT2D eigenvalue weighted by atomic mass is 19.4. The minimum absolute atomic E-state index is 0.159. The van der Waals surface area contributed by atoms with Gasteiger partial charge in [-0.05, 0) is 31.2 Å².